The van der Waals surface area contributed by atoms with Crippen LogP contribution in [0.15, 0.2) is 97.1 Å². The lowest BCUT2D eigenvalue weighted by atomic mass is 9.99. The van der Waals surface area contributed by atoms with Gasteiger partial charge in [0.1, 0.15) is 17.5 Å². The standard InChI is InChI=1S/C35H38N4O4/c1-39-31(34(40)37-22-25-9-5-4-6-10-25)21-26-15-18-33(43-3)29(20-26)38-28-16-13-24(14-17-28)19-30(35(39)41)36-23-27-11-7-8-12-32(27)42-2/h4-18,20,30-31,36,38H,19,21-23H2,1-3H3,(H,37,40)/t30-,31+/m0/s1. The zero-order valence-electron chi connectivity index (χ0n) is 24.8. The first kappa shape index (κ1) is 29.7. The number of anilines is 2. The summed E-state index contributed by atoms with van der Waals surface area (Å²) in [5.41, 5.74) is 5.51. The van der Waals surface area contributed by atoms with Gasteiger partial charge in [0.25, 0.3) is 0 Å². The summed E-state index contributed by atoms with van der Waals surface area (Å²) in [6, 6.07) is 30.0. The molecule has 2 amide bonds. The van der Waals surface area contributed by atoms with E-state index in [1.54, 1.807) is 26.2 Å². The minimum absolute atomic E-state index is 0.164. The van der Waals surface area contributed by atoms with Crippen molar-refractivity contribution < 1.29 is 19.1 Å². The van der Waals surface area contributed by atoms with Crippen molar-refractivity contribution in [1.82, 2.24) is 15.5 Å². The maximum atomic E-state index is 14.2. The molecule has 4 bridgehead atoms. The molecule has 3 N–H and O–H groups in total. The average molecular weight is 579 g/mol. The van der Waals surface area contributed by atoms with E-state index in [9.17, 15) is 9.59 Å². The number of carbonyl (C=O) groups excluding carboxylic acids is 2. The average Bonchev–Trinajstić information content (AvgIpc) is 3.05. The minimum Gasteiger partial charge on any atom is -0.496 e. The zero-order valence-corrected chi connectivity index (χ0v) is 24.8. The largest absolute Gasteiger partial charge is 0.496 e. The van der Waals surface area contributed by atoms with Gasteiger partial charge in [0, 0.05) is 37.8 Å². The number of hydrogen-bond donors (Lipinski definition) is 3. The number of ether oxygens (including phenoxy) is 2. The van der Waals surface area contributed by atoms with Gasteiger partial charge in [0.05, 0.1) is 25.9 Å². The first-order valence-corrected chi connectivity index (χ1v) is 14.4. The molecule has 2 heterocycles. The highest BCUT2D eigenvalue weighted by molar-refractivity contribution is 5.90. The number of para-hydroxylation sites is 1. The highest BCUT2D eigenvalue weighted by Crippen LogP contribution is 2.30. The van der Waals surface area contributed by atoms with Crippen molar-refractivity contribution in [3.8, 4) is 11.5 Å². The van der Waals surface area contributed by atoms with Gasteiger partial charge in [-0.05, 0) is 53.4 Å². The molecule has 0 saturated heterocycles. The lowest BCUT2D eigenvalue weighted by molar-refractivity contribution is -0.140. The van der Waals surface area contributed by atoms with E-state index in [1.807, 2.05) is 97.1 Å². The fourth-order valence-electron chi connectivity index (χ4n) is 5.36. The van der Waals surface area contributed by atoms with Gasteiger partial charge in [0.2, 0.25) is 11.8 Å². The Bertz CT molecular complexity index is 1540. The first-order chi connectivity index (χ1) is 20.9. The van der Waals surface area contributed by atoms with Crippen molar-refractivity contribution in [2.24, 2.45) is 0 Å². The Morgan fingerprint density at radius 3 is 2.28 bits per heavy atom. The quantitative estimate of drug-likeness (QED) is 0.277. The van der Waals surface area contributed by atoms with Gasteiger partial charge < -0.3 is 30.3 Å². The van der Waals surface area contributed by atoms with Crippen LogP contribution in [0.25, 0.3) is 0 Å². The number of hydrogen-bond acceptors (Lipinski definition) is 6. The van der Waals surface area contributed by atoms with Crippen LogP contribution in [-0.4, -0.2) is 50.1 Å². The molecule has 2 aliphatic heterocycles. The summed E-state index contributed by atoms with van der Waals surface area (Å²) in [5, 5.41) is 9.97. The van der Waals surface area contributed by atoms with E-state index in [4.69, 9.17) is 9.47 Å². The van der Waals surface area contributed by atoms with Crippen LogP contribution in [-0.2, 0) is 35.5 Å². The molecule has 0 saturated carbocycles. The Morgan fingerprint density at radius 2 is 1.53 bits per heavy atom. The van der Waals surface area contributed by atoms with Crippen LogP contribution < -0.4 is 25.4 Å². The second kappa shape index (κ2) is 13.9. The third-order valence-electron chi connectivity index (χ3n) is 7.82. The normalized spacial score (nSPS) is 16.6. The summed E-state index contributed by atoms with van der Waals surface area (Å²) in [5.74, 6) is 1.06. The van der Waals surface area contributed by atoms with Crippen molar-refractivity contribution in [1.29, 1.82) is 0 Å². The highest BCUT2D eigenvalue weighted by Gasteiger charge is 2.32. The summed E-state index contributed by atoms with van der Waals surface area (Å²) < 4.78 is 11.1. The van der Waals surface area contributed by atoms with Crippen molar-refractivity contribution >= 4 is 23.2 Å². The Kier molecular flexibility index (Phi) is 9.59. The monoisotopic (exact) mass is 578 g/mol. The lowest BCUT2D eigenvalue weighted by Crippen LogP contribution is -2.54. The van der Waals surface area contributed by atoms with Gasteiger partial charge >= 0.3 is 0 Å². The summed E-state index contributed by atoms with van der Waals surface area (Å²) in [6.07, 6.45) is 0.782. The highest BCUT2D eigenvalue weighted by atomic mass is 16.5. The number of nitrogens with one attached hydrogen (secondary N) is 3. The predicted molar refractivity (Wildman–Crippen MR) is 169 cm³/mol. The second-order valence-corrected chi connectivity index (χ2v) is 10.7. The summed E-state index contributed by atoms with van der Waals surface area (Å²) in [6.45, 7) is 0.801. The smallest absolute Gasteiger partial charge is 0.243 e. The topological polar surface area (TPSA) is 91.9 Å². The van der Waals surface area contributed by atoms with Crippen LogP contribution >= 0.6 is 0 Å². The first-order valence-electron chi connectivity index (χ1n) is 14.4. The summed E-state index contributed by atoms with van der Waals surface area (Å²) in [4.78, 5) is 29.6. The van der Waals surface area contributed by atoms with Gasteiger partial charge in [-0.2, -0.15) is 0 Å². The molecule has 43 heavy (non-hydrogen) atoms. The van der Waals surface area contributed by atoms with Gasteiger partial charge in [-0.15, -0.1) is 0 Å². The van der Waals surface area contributed by atoms with E-state index in [0.717, 1.165) is 39.4 Å². The molecule has 0 aromatic heterocycles. The van der Waals surface area contributed by atoms with Crippen LogP contribution in [0.5, 0.6) is 11.5 Å². The van der Waals surface area contributed by atoms with E-state index in [1.165, 1.54) is 0 Å². The molecule has 0 spiro atoms. The van der Waals surface area contributed by atoms with E-state index in [0.29, 0.717) is 31.7 Å². The van der Waals surface area contributed by atoms with Crippen molar-refractivity contribution in [3.63, 3.8) is 0 Å². The second-order valence-electron chi connectivity index (χ2n) is 10.7. The van der Waals surface area contributed by atoms with Crippen molar-refractivity contribution in [3.05, 3.63) is 119 Å². The zero-order chi connectivity index (χ0) is 30.2. The molecule has 4 aromatic carbocycles. The Balaban J connectivity index is 1.48. The molecule has 8 nitrogen and oxygen atoms in total. The van der Waals surface area contributed by atoms with Gasteiger partial charge in [-0.3, -0.25) is 9.59 Å². The van der Waals surface area contributed by atoms with Gasteiger partial charge in [0.15, 0.2) is 0 Å². The van der Waals surface area contributed by atoms with Crippen LogP contribution in [0.1, 0.15) is 22.3 Å². The number of benzene rings is 4. The predicted octanol–water partition coefficient (Wildman–Crippen LogP) is 4.85. The molecule has 6 rings (SSSR count). The summed E-state index contributed by atoms with van der Waals surface area (Å²) in [7, 11) is 4.98. The molecule has 4 aromatic rings. The molecule has 0 aliphatic carbocycles. The fraction of sp³-hybridized carbons (Fsp3) is 0.257. The maximum absolute atomic E-state index is 14.2. The van der Waals surface area contributed by atoms with Crippen LogP contribution in [0.2, 0.25) is 0 Å². The third kappa shape index (κ3) is 7.34. The number of fused-ring (bicyclic) bond motifs is 7. The molecule has 222 valence electrons. The fourth-order valence-corrected chi connectivity index (χ4v) is 5.36. The van der Waals surface area contributed by atoms with E-state index >= 15 is 0 Å². The van der Waals surface area contributed by atoms with E-state index in [2.05, 4.69) is 16.0 Å². The van der Waals surface area contributed by atoms with E-state index < -0.39 is 12.1 Å². The summed E-state index contributed by atoms with van der Waals surface area (Å²) >= 11 is 0. The molecule has 0 unspecified atom stereocenters. The Hall–Kier alpha value is -4.82. The third-order valence-corrected chi connectivity index (χ3v) is 7.82. The van der Waals surface area contributed by atoms with Crippen LogP contribution in [0, 0.1) is 0 Å². The van der Waals surface area contributed by atoms with E-state index in [-0.39, 0.29) is 11.8 Å². The Morgan fingerprint density at radius 1 is 0.837 bits per heavy atom. The molecule has 2 aliphatic rings. The number of amides is 2. The molecule has 0 fully saturated rings. The number of nitrogens with zero attached hydrogens (tertiary/aromatic N) is 1. The lowest BCUT2D eigenvalue weighted by Gasteiger charge is -2.32. The molecule has 0 radical (unpaired) electrons. The SMILES string of the molecule is COc1ccccc1CN[C@H]1Cc2ccc(cc2)Nc2cc(ccc2OC)C[C@H](C(=O)NCc2ccccc2)N(C)C1=O. The van der Waals surface area contributed by atoms with Crippen molar-refractivity contribution in [2.45, 2.75) is 38.0 Å². The minimum atomic E-state index is -0.739. The number of methoxy groups -OCH3 is 2. The van der Waals surface area contributed by atoms with Crippen LogP contribution in [0.3, 0.4) is 0 Å². The van der Waals surface area contributed by atoms with Gasteiger partial charge in [-0.1, -0.05) is 66.7 Å². The molecular formula is C35H38N4O4. The maximum Gasteiger partial charge on any atom is 0.243 e. The Labute approximate surface area is 253 Å². The van der Waals surface area contributed by atoms with Gasteiger partial charge in [-0.25, -0.2) is 0 Å². The molecule has 2 atom stereocenters. The van der Waals surface area contributed by atoms with Crippen LogP contribution in [0.4, 0.5) is 11.4 Å². The molecule has 8 heteroatoms. The van der Waals surface area contributed by atoms with Crippen molar-refractivity contribution in [2.75, 3.05) is 26.6 Å². The molecular weight excluding hydrogens is 540 g/mol. The number of carbonyl (C=O) groups is 2. The number of likely N-dealkylation sites (N-methyl/N-ethyl adjacent to an activating group) is 1. The number of rotatable bonds is 8.